The number of hydrogen-bond acceptors (Lipinski definition) is 15. The van der Waals surface area contributed by atoms with Crippen LogP contribution in [0.5, 0.6) is 0 Å². The highest BCUT2D eigenvalue weighted by atomic mass is 31.2. The highest BCUT2D eigenvalue weighted by Crippen LogP contribution is 2.45. The third-order valence-corrected chi connectivity index (χ3v) is 18.2. The van der Waals surface area contributed by atoms with Crippen LogP contribution >= 0.6 is 15.6 Å². The number of esters is 4. The van der Waals surface area contributed by atoms with Gasteiger partial charge >= 0.3 is 39.5 Å². The molecular formula is C68H132O17P2. The average Bonchev–Trinajstić information content (AvgIpc) is 3.68. The largest absolute Gasteiger partial charge is 0.472 e. The third-order valence-electron chi connectivity index (χ3n) is 16.3. The topological polar surface area (TPSA) is 237 Å². The maximum absolute atomic E-state index is 13.0. The Morgan fingerprint density at radius 1 is 0.322 bits per heavy atom. The van der Waals surface area contributed by atoms with E-state index in [1.807, 2.05) is 0 Å². The summed E-state index contributed by atoms with van der Waals surface area (Å²) < 4.78 is 68.1. The molecule has 0 radical (unpaired) electrons. The van der Waals surface area contributed by atoms with E-state index in [0.717, 1.165) is 114 Å². The van der Waals surface area contributed by atoms with Crippen LogP contribution in [0.4, 0.5) is 0 Å². The van der Waals surface area contributed by atoms with E-state index in [0.29, 0.717) is 31.6 Å². The predicted molar refractivity (Wildman–Crippen MR) is 349 cm³/mol. The second-order valence-corrected chi connectivity index (χ2v) is 28.9. The summed E-state index contributed by atoms with van der Waals surface area (Å²) in [5, 5.41) is 10.6. The van der Waals surface area contributed by atoms with Crippen molar-refractivity contribution in [3.63, 3.8) is 0 Å². The summed E-state index contributed by atoms with van der Waals surface area (Å²) in [6, 6.07) is 0. The number of unbranched alkanes of at least 4 members (excludes halogenated alkanes) is 29. The lowest BCUT2D eigenvalue weighted by Crippen LogP contribution is -2.30. The first-order valence-electron chi connectivity index (χ1n) is 35.3. The molecule has 0 spiro atoms. The number of phosphoric acid groups is 2. The number of rotatable bonds is 65. The molecule has 19 heteroatoms. The van der Waals surface area contributed by atoms with Crippen LogP contribution in [0, 0.1) is 23.7 Å². The Labute approximate surface area is 530 Å². The number of ether oxygens (including phenoxy) is 4. The molecular weight excluding hydrogens is 1150 g/mol. The first kappa shape index (κ1) is 85.1. The molecule has 0 heterocycles. The van der Waals surface area contributed by atoms with Gasteiger partial charge in [0.2, 0.25) is 0 Å². The minimum absolute atomic E-state index is 0.101. The Hall–Kier alpha value is -1.94. The predicted octanol–water partition coefficient (Wildman–Crippen LogP) is 18.9. The number of carbonyl (C=O) groups excluding carboxylic acids is 4. The molecule has 0 saturated carbocycles. The molecule has 0 rings (SSSR count). The Kier molecular flexibility index (Phi) is 56.6. The maximum Gasteiger partial charge on any atom is 0.472 e. The normalized spacial score (nSPS) is 15.0. The van der Waals surface area contributed by atoms with Crippen molar-refractivity contribution in [3.8, 4) is 0 Å². The number of phosphoric ester groups is 2. The van der Waals surface area contributed by atoms with Gasteiger partial charge in [0.25, 0.3) is 0 Å². The fourth-order valence-electron chi connectivity index (χ4n) is 10.1. The molecule has 87 heavy (non-hydrogen) atoms. The molecule has 0 aliphatic heterocycles. The monoisotopic (exact) mass is 1280 g/mol. The lowest BCUT2D eigenvalue weighted by molar-refractivity contribution is -0.161. The van der Waals surface area contributed by atoms with E-state index in [9.17, 15) is 43.2 Å². The lowest BCUT2D eigenvalue weighted by Gasteiger charge is -2.21. The zero-order chi connectivity index (χ0) is 64.7. The molecule has 0 amide bonds. The number of hydrogen-bond donors (Lipinski definition) is 3. The average molecular weight is 1280 g/mol. The summed E-state index contributed by atoms with van der Waals surface area (Å²) in [4.78, 5) is 72.3. The van der Waals surface area contributed by atoms with Gasteiger partial charge in [-0.2, -0.15) is 0 Å². The van der Waals surface area contributed by atoms with E-state index in [-0.39, 0.29) is 25.7 Å². The summed E-state index contributed by atoms with van der Waals surface area (Å²) in [5.74, 6) is 0.786. The fourth-order valence-corrected chi connectivity index (χ4v) is 11.7. The molecule has 7 atom stereocenters. The van der Waals surface area contributed by atoms with Gasteiger partial charge < -0.3 is 33.8 Å². The second-order valence-electron chi connectivity index (χ2n) is 26.0. The summed E-state index contributed by atoms with van der Waals surface area (Å²) in [6.45, 7) is 14.0. The summed E-state index contributed by atoms with van der Waals surface area (Å²) in [5.41, 5.74) is 0. The molecule has 4 unspecified atom stereocenters. The quantitative estimate of drug-likeness (QED) is 0.0222. The smallest absolute Gasteiger partial charge is 0.462 e. The molecule has 0 aliphatic rings. The first-order chi connectivity index (χ1) is 41.7. The number of carbonyl (C=O) groups is 4. The first-order valence-corrected chi connectivity index (χ1v) is 38.3. The zero-order valence-corrected chi connectivity index (χ0v) is 58.4. The molecule has 0 bridgehead atoms. The molecule has 0 saturated heterocycles. The Morgan fingerprint density at radius 3 is 0.816 bits per heavy atom. The highest BCUT2D eigenvalue weighted by Gasteiger charge is 2.30. The SMILES string of the molecule is CCC(C)CCCCCCCCC(=O)O[C@H](COC(=O)CCCCCCCCCCCCCCCCCC(C)C)COP(=O)(O)OC[C@@H](O)COP(=O)(O)OC[C@@H](COC(=O)CCCCCCCCC(C)C)OC(=O)CCCCCCCCC(C)CC. The van der Waals surface area contributed by atoms with Crippen molar-refractivity contribution in [3.05, 3.63) is 0 Å². The van der Waals surface area contributed by atoms with Gasteiger partial charge in [-0.3, -0.25) is 37.3 Å². The third kappa shape index (κ3) is 60.1. The van der Waals surface area contributed by atoms with Crippen LogP contribution in [0.25, 0.3) is 0 Å². The number of aliphatic hydroxyl groups excluding tert-OH is 1. The van der Waals surface area contributed by atoms with Crippen molar-refractivity contribution < 1.29 is 80.2 Å². The van der Waals surface area contributed by atoms with E-state index < -0.39 is 97.5 Å². The minimum Gasteiger partial charge on any atom is -0.462 e. The van der Waals surface area contributed by atoms with Gasteiger partial charge in [-0.1, -0.05) is 280 Å². The van der Waals surface area contributed by atoms with Crippen LogP contribution in [-0.4, -0.2) is 96.7 Å². The van der Waals surface area contributed by atoms with Crippen LogP contribution in [0.15, 0.2) is 0 Å². The molecule has 0 fully saturated rings. The van der Waals surface area contributed by atoms with Crippen LogP contribution in [0.2, 0.25) is 0 Å². The molecule has 0 aromatic heterocycles. The maximum atomic E-state index is 13.0. The molecule has 0 aromatic carbocycles. The van der Waals surface area contributed by atoms with Crippen molar-refractivity contribution in [2.45, 2.75) is 350 Å². The van der Waals surface area contributed by atoms with Gasteiger partial charge in [0.1, 0.15) is 19.3 Å². The van der Waals surface area contributed by atoms with Gasteiger partial charge in [0, 0.05) is 25.7 Å². The van der Waals surface area contributed by atoms with Crippen molar-refractivity contribution in [2.75, 3.05) is 39.6 Å². The van der Waals surface area contributed by atoms with E-state index in [1.165, 1.54) is 128 Å². The van der Waals surface area contributed by atoms with Gasteiger partial charge in [-0.15, -0.1) is 0 Å². The summed E-state index contributed by atoms with van der Waals surface area (Å²) >= 11 is 0. The Bertz CT molecular complexity index is 1730. The second kappa shape index (κ2) is 57.9. The molecule has 3 N–H and O–H groups in total. The fraction of sp³-hybridized carbons (Fsp3) is 0.941. The molecule has 0 aliphatic carbocycles. The number of aliphatic hydroxyl groups is 1. The van der Waals surface area contributed by atoms with Gasteiger partial charge in [-0.25, -0.2) is 9.13 Å². The summed E-state index contributed by atoms with van der Waals surface area (Å²) in [6.07, 6.45) is 39.3. The van der Waals surface area contributed by atoms with Gasteiger partial charge in [0.05, 0.1) is 26.4 Å². The Balaban J connectivity index is 5.18. The van der Waals surface area contributed by atoms with Crippen LogP contribution in [-0.2, 0) is 65.4 Å². The molecule has 516 valence electrons. The van der Waals surface area contributed by atoms with Crippen molar-refractivity contribution in [1.82, 2.24) is 0 Å². The highest BCUT2D eigenvalue weighted by molar-refractivity contribution is 7.47. The Morgan fingerprint density at radius 2 is 0.552 bits per heavy atom. The van der Waals surface area contributed by atoms with Gasteiger partial charge in [0.15, 0.2) is 12.2 Å². The van der Waals surface area contributed by atoms with Crippen molar-refractivity contribution >= 4 is 39.5 Å². The standard InChI is InChI=1S/C68H132O17P2/c1-9-60(7)46-38-30-23-26-34-42-50-67(72)84-63(54-78-65(70)48-40-32-21-19-17-15-13-11-12-14-16-18-20-28-36-44-58(3)4)56-82-86(74,75)80-52-62(69)53-81-87(76,77)83-57-64(55-79-66(71)49-41-33-25-22-29-37-45-59(5)6)85-68(73)51-43-35-27-24-31-39-47-61(8)10-2/h58-64,69H,9-57H2,1-8H3,(H,74,75)(H,76,77)/t60?,61?,62-,63-,64-/m1/s1. The van der Waals surface area contributed by atoms with E-state index in [2.05, 4.69) is 55.4 Å². The lowest BCUT2D eigenvalue weighted by atomic mass is 10.00. The van der Waals surface area contributed by atoms with E-state index in [4.69, 9.17) is 37.0 Å². The van der Waals surface area contributed by atoms with Crippen LogP contribution in [0.1, 0.15) is 331 Å². The van der Waals surface area contributed by atoms with Crippen LogP contribution < -0.4 is 0 Å². The van der Waals surface area contributed by atoms with Crippen molar-refractivity contribution in [1.29, 1.82) is 0 Å². The van der Waals surface area contributed by atoms with Crippen LogP contribution in [0.3, 0.4) is 0 Å². The summed E-state index contributed by atoms with van der Waals surface area (Å²) in [7, 11) is -9.90. The van der Waals surface area contributed by atoms with E-state index in [1.54, 1.807) is 0 Å². The minimum atomic E-state index is -4.95. The van der Waals surface area contributed by atoms with E-state index >= 15 is 0 Å². The van der Waals surface area contributed by atoms with Gasteiger partial charge in [-0.05, 0) is 49.4 Å². The zero-order valence-electron chi connectivity index (χ0n) is 56.6. The molecule has 17 nitrogen and oxygen atoms in total. The van der Waals surface area contributed by atoms with Crippen molar-refractivity contribution in [2.24, 2.45) is 23.7 Å². The molecule has 0 aromatic rings.